The van der Waals surface area contributed by atoms with E-state index in [1.54, 1.807) is 0 Å². The summed E-state index contributed by atoms with van der Waals surface area (Å²) in [6.07, 6.45) is 2.46. The zero-order valence-corrected chi connectivity index (χ0v) is 5.49. The molecule has 58 valence electrons. The van der Waals surface area contributed by atoms with Gasteiger partial charge in [-0.15, -0.1) is 0 Å². The molecule has 0 spiro atoms. The number of hydrogen-bond donors (Lipinski definition) is 1. The van der Waals surface area contributed by atoms with Crippen LogP contribution in [0.25, 0.3) is 0 Å². The summed E-state index contributed by atoms with van der Waals surface area (Å²) in [7, 11) is 0. The van der Waals surface area contributed by atoms with Gasteiger partial charge >= 0.3 is 5.97 Å². The molecule has 0 amide bonds. The largest absolute Gasteiger partial charge is 0.476 e. The summed E-state index contributed by atoms with van der Waals surface area (Å²) in [5.41, 5.74) is -0.463. The third kappa shape index (κ3) is 1.49. The molecule has 1 aromatic heterocycles. The van der Waals surface area contributed by atoms with Gasteiger partial charge in [-0.3, -0.25) is 4.98 Å². The topological polar surface area (TPSA) is 63.1 Å². The van der Waals surface area contributed by atoms with Gasteiger partial charge in [0.2, 0.25) is 0 Å². The summed E-state index contributed by atoms with van der Waals surface area (Å²) in [4.78, 5) is 17.3. The van der Waals surface area contributed by atoms with Crippen molar-refractivity contribution in [1.29, 1.82) is 0 Å². The molecule has 0 unspecified atom stereocenters. The Balaban J connectivity index is 3.12. The van der Waals surface area contributed by atoms with Gasteiger partial charge in [-0.2, -0.15) is 0 Å². The van der Waals surface area contributed by atoms with E-state index in [1.165, 1.54) is 12.4 Å². The lowest BCUT2D eigenvalue weighted by Gasteiger charge is -1.96. The van der Waals surface area contributed by atoms with Crippen molar-refractivity contribution in [2.75, 3.05) is 0 Å². The van der Waals surface area contributed by atoms with Crippen LogP contribution in [0.4, 0.5) is 4.39 Å². The number of rotatable bonds is 2. The van der Waals surface area contributed by atoms with Crippen molar-refractivity contribution in [3.05, 3.63) is 23.8 Å². The van der Waals surface area contributed by atoms with Crippen molar-refractivity contribution in [2.45, 2.75) is 6.67 Å². The predicted molar refractivity (Wildman–Crippen MR) is 33.8 cm³/mol. The molecular formula is C6H5FN2O2. The molecular weight excluding hydrogens is 151 g/mol. The van der Waals surface area contributed by atoms with Crippen molar-refractivity contribution in [1.82, 2.24) is 9.97 Å². The molecule has 0 radical (unpaired) electrons. The van der Waals surface area contributed by atoms with Gasteiger partial charge in [0.15, 0.2) is 5.69 Å². The van der Waals surface area contributed by atoms with Gasteiger partial charge in [0.05, 0.1) is 0 Å². The van der Waals surface area contributed by atoms with Gasteiger partial charge in [-0.1, -0.05) is 0 Å². The first-order valence-electron chi connectivity index (χ1n) is 2.85. The van der Waals surface area contributed by atoms with Crippen LogP contribution in [0.3, 0.4) is 0 Å². The second-order valence-corrected chi connectivity index (χ2v) is 1.79. The smallest absolute Gasteiger partial charge is 0.356 e. The summed E-state index contributed by atoms with van der Waals surface area (Å²) >= 11 is 0. The Kier molecular flexibility index (Phi) is 2.10. The van der Waals surface area contributed by atoms with Crippen LogP contribution in [0, 0.1) is 0 Å². The van der Waals surface area contributed by atoms with Crippen molar-refractivity contribution >= 4 is 5.97 Å². The quantitative estimate of drug-likeness (QED) is 0.682. The highest BCUT2D eigenvalue weighted by Crippen LogP contribution is 2.02. The van der Waals surface area contributed by atoms with Crippen LogP contribution in [-0.4, -0.2) is 21.0 Å². The Morgan fingerprint density at radius 1 is 1.55 bits per heavy atom. The monoisotopic (exact) mass is 156 g/mol. The first-order chi connectivity index (χ1) is 5.25. The van der Waals surface area contributed by atoms with E-state index in [4.69, 9.17) is 5.11 Å². The number of nitrogens with zero attached hydrogens (tertiary/aromatic N) is 2. The fraction of sp³-hybridized carbons (Fsp3) is 0.167. The summed E-state index contributed by atoms with van der Waals surface area (Å²) in [5.74, 6) is -1.26. The highest BCUT2D eigenvalue weighted by molar-refractivity contribution is 5.86. The maximum atomic E-state index is 12.0. The molecule has 0 aliphatic heterocycles. The van der Waals surface area contributed by atoms with E-state index in [0.717, 1.165) is 0 Å². The summed E-state index contributed by atoms with van der Waals surface area (Å²) < 4.78 is 12.0. The number of carbonyl (C=O) groups is 1. The highest BCUT2D eigenvalue weighted by Gasteiger charge is 2.10. The lowest BCUT2D eigenvalue weighted by molar-refractivity contribution is 0.0687. The SMILES string of the molecule is O=C(O)c1nccnc1CF. The molecule has 1 N–H and O–H groups in total. The first-order valence-corrected chi connectivity index (χ1v) is 2.85. The van der Waals surface area contributed by atoms with Crippen LogP contribution >= 0.6 is 0 Å². The first kappa shape index (κ1) is 7.59. The van der Waals surface area contributed by atoms with E-state index >= 15 is 0 Å². The summed E-state index contributed by atoms with van der Waals surface area (Å²) in [5, 5.41) is 8.43. The van der Waals surface area contributed by atoms with Crippen LogP contribution < -0.4 is 0 Å². The molecule has 0 aromatic carbocycles. The van der Waals surface area contributed by atoms with E-state index < -0.39 is 12.6 Å². The number of aromatic nitrogens is 2. The Labute approximate surface area is 61.7 Å². The molecule has 11 heavy (non-hydrogen) atoms. The molecule has 0 aliphatic carbocycles. The number of carboxylic acid groups (broad SMARTS) is 1. The molecule has 0 atom stereocenters. The van der Waals surface area contributed by atoms with Gasteiger partial charge in [0, 0.05) is 12.4 Å². The van der Waals surface area contributed by atoms with Crippen LogP contribution in [0.2, 0.25) is 0 Å². The molecule has 4 nitrogen and oxygen atoms in total. The average molecular weight is 156 g/mol. The normalized spacial score (nSPS) is 9.55. The molecule has 0 saturated heterocycles. The second kappa shape index (κ2) is 3.05. The second-order valence-electron chi connectivity index (χ2n) is 1.79. The number of aromatic carboxylic acids is 1. The van der Waals surface area contributed by atoms with Gasteiger partial charge in [0.25, 0.3) is 0 Å². The van der Waals surface area contributed by atoms with Gasteiger partial charge in [-0.05, 0) is 0 Å². The van der Waals surface area contributed by atoms with Crippen molar-refractivity contribution in [3.63, 3.8) is 0 Å². The summed E-state index contributed by atoms with van der Waals surface area (Å²) in [6.45, 7) is -0.907. The lowest BCUT2D eigenvalue weighted by Crippen LogP contribution is -2.05. The van der Waals surface area contributed by atoms with Crippen LogP contribution in [0.15, 0.2) is 12.4 Å². The van der Waals surface area contributed by atoms with E-state index in [2.05, 4.69) is 9.97 Å². The van der Waals surface area contributed by atoms with Crippen molar-refractivity contribution < 1.29 is 14.3 Å². The van der Waals surface area contributed by atoms with E-state index in [0.29, 0.717) is 0 Å². The van der Waals surface area contributed by atoms with Gasteiger partial charge < -0.3 is 5.11 Å². The van der Waals surface area contributed by atoms with E-state index in [-0.39, 0.29) is 11.4 Å². The Bertz CT molecular complexity index is 277. The number of alkyl halides is 1. The molecule has 5 heteroatoms. The number of halogens is 1. The van der Waals surface area contributed by atoms with E-state index in [9.17, 15) is 9.18 Å². The van der Waals surface area contributed by atoms with Gasteiger partial charge in [-0.25, -0.2) is 14.2 Å². The van der Waals surface area contributed by atoms with Crippen LogP contribution in [0.1, 0.15) is 16.2 Å². The number of hydrogen-bond acceptors (Lipinski definition) is 3. The Morgan fingerprint density at radius 2 is 2.18 bits per heavy atom. The highest BCUT2D eigenvalue weighted by atomic mass is 19.1. The minimum atomic E-state index is -1.26. The summed E-state index contributed by atoms with van der Waals surface area (Å²) in [6, 6.07) is 0. The molecule has 0 aliphatic rings. The third-order valence-corrected chi connectivity index (χ3v) is 1.10. The predicted octanol–water partition coefficient (Wildman–Crippen LogP) is 0.644. The van der Waals surface area contributed by atoms with Crippen molar-refractivity contribution in [2.24, 2.45) is 0 Å². The van der Waals surface area contributed by atoms with Crippen LogP contribution in [-0.2, 0) is 6.67 Å². The lowest BCUT2D eigenvalue weighted by atomic mass is 10.3. The van der Waals surface area contributed by atoms with Crippen molar-refractivity contribution in [3.8, 4) is 0 Å². The molecule has 0 fully saturated rings. The Hall–Kier alpha value is -1.52. The van der Waals surface area contributed by atoms with Crippen LogP contribution in [0.5, 0.6) is 0 Å². The zero-order valence-electron chi connectivity index (χ0n) is 5.49. The van der Waals surface area contributed by atoms with Gasteiger partial charge in [0.1, 0.15) is 12.4 Å². The zero-order chi connectivity index (χ0) is 8.27. The maximum absolute atomic E-state index is 12.0. The Morgan fingerprint density at radius 3 is 2.64 bits per heavy atom. The number of carboxylic acids is 1. The molecule has 1 aromatic rings. The fourth-order valence-electron chi connectivity index (χ4n) is 0.643. The average Bonchev–Trinajstić information content (AvgIpc) is 2.04. The minimum Gasteiger partial charge on any atom is -0.476 e. The third-order valence-electron chi connectivity index (χ3n) is 1.10. The molecule has 1 rings (SSSR count). The minimum absolute atomic E-state index is 0.139. The molecule has 0 saturated carbocycles. The maximum Gasteiger partial charge on any atom is 0.356 e. The van der Waals surface area contributed by atoms with E-state index in [1.807, 2.05) is 0 Å². The molecule has 0 bridgehead atoms. The molecule has 1 heterocycles. The fourth-order valence-corrected chi connectivity index (χ4v) is 0.643. The standard InChI is InChI=1S/C6H5FN2O2/c7-3-4-5(6(10)11)9-2-1-8-4/h1-2H,3H2,(H,10,11).